The first-order valence-electron chi connectivity index (χ1n) is 8.38. The van der Waals surface area contributed by atoms with Crippen molar-refractivity contribution < 1.29 is 9.59 Å². The van der Waals surface area contributed by atoms with Crippen molar-refractivity contribution in [3.8, 4) is 0 Å². The van der Waals surface area contributed by atoms with Crippen LogP contribution in [0.3, 0.4) is 0 Å². The van der Waals surface area contributed by atoms with Crippen LogP contribution in [-0.4, -0.2) is 39.7 Å². The van der Waals surface area contributed by atoms with Gasteiger partial charge in [-0.05, 0) is 26.3 Å². The number of nitrogens with one attached hydrogen (secondary N) is 2. The van der Waals surface area contributed by atoms with Gasteiger partial charge in [-0.15, -0.1) is 0 Å². The number of aromatic nitrogens is 2. The van der Waals surface area contributed by atoms with Crippen LogP contribution in [0.2, 0.25) is 0 Å². The normalized spacial score (nSPS) is 11.7. The molecule has 7 heteroatoms. The molecule has 1 aromatic carbocycles. The highest BCUT2D eigenvalue weighted by Gasteiger charge is 2.26. The lowest BCUT2D eigenvalue weighted by Gasteiger charge is -2.26. The van der Waals surface area contributed by atoms with Crippen LogP contribution in [0, 0.1) is 6.92 Å². The number of hydrogen-bond donors (Lipinski definition) is 2. The number of carbonyl (C=O) groups excluding carboxylic acids is 2. The van der Waals surface area contributed by atoms with Crippen LogP contribution in [-0.2, 0) is 11.8 Å². The second-order valence-corrected chi connectivity index (χ2v) is 5.75. The van der Waals surface area contributed by atoms with E-state index in [2.05, 4.69) is 15.7 Å². The first-order valence-corrected chi connectivity index (χ1v) is 8.38. The Bertz CT molecular complexity index is 722. The fourth-order valence-corrected chi connectivity index (χ4v) is 2.66. The fraction of sp³-hybridized carbons (Fsp3) is 0.389. The summed E-state index contributed by atoms with van der Waals surface area (Å²) in [4.78, 5) is 27.0. The van der Waals surface area contributed by atoms with Gasteiger partial charge in [0.1, 0.15) is 11.9 Å². The van der Waals surface area contributed by atoms with E-state index in [0.717, 1.165) is 11.3 Å². The Balaban J connectivity index is 2.19. The van der Waals surface area contributed by atoms with Crippen molar-refractivity contribution in [3.63, 3.8) is 0 Å². The monoisotopic (exact) mass is 343 g/mol. The van der Waals surface area contributed by atoms with Gasteiger partial charge in [0, 0.05) is 26.2 Å². The summed E-state index contributed by atoms with van der Waals surface area (Å²) in [5.41, 5.74) is 1.55. The van der Waals surface area contributed by atoms with Crippen LogP contribution < -0.4 is 10.6 Å². The number of amides is 3. The third kappa shape index (κ3) is 4.59. The highest BCUT2D eigenvalue weighted by molar-refractivity contribution is 5.93. The minimum Gasteiger partial charge on any atom is -0.341 e. The molecular formula is C18H25N5O2. The average molecular weight is 343 g/mol. The Kier molecular flexibility index (Phi) is 6.16. The molecule has 0 saturated carbocycles. The molecule has 1 unspecified atom stereocenters. The molecule has 2 rings (SSSR count). The molecule has 0 aliphatic rings. The van der Waals surface area contributed by atoms with E-state index in [4.69, 9.17) is 0 Å². The Morgan fingerprint density at radius 2 is 1.84 bits per heavy atom. The van der Waals surface area contributed by atoms with Crippen molar-refractivity contribution in [2.45, 2.75) is 26.8 Å². The first kappa shape index (κ1) is 18.5. The number of benzene rings is 1. The molecule has 0 fully saturated rings. The molecule has 134 valence electrons. The summed E-state index contributed by atoms with van der Waals surface area (Å²) in [5.74, 6) is 0.435. The molecule has 0 radical (unpaired) electrons. The van der Waals surface area contributed by atoms with Gasteiger partial charge in [-0.25, -0.2) is 4.79 Å². The number of anilines is 1. The standard InChI is InChI=1S/C18H25N5O2/c1-5-23(6-2)17(24)16(14-10-8-7-9-11-14)20-18(25)19-15-12-13(3)21-22(15)4/h7-12,16H,5-6H2,1-4H3,(H2,19,20,25). The summed E-state index contributed by atoms with van der Waals surface area (Å²) in [6, 6.07) is 9.82. The van der Waals surface area contributed by atoms with Crippen LogP contribution in [0.4, 0.5) is 10.6 Å². The van der Waals surface area contributed by atoms with E-state index >= 15 is 0 Å². The Hall–Kier alpha value is -2.83. The van der Waals surface area contributed by atoms with Crippen molar-refractivity contribution in [1.29, 1.82) is 0 Å². The quantitative estimate of drug-likeness (QED) is 0.845. The maximum Gasteiger partial charge on any atom is 0.321 e. The molecule has 1 atom stereocenters. The number of carbonyl (C=O) groups is 2. The lowest BCUT2D eigenvalue weighted by atomic mass is 10.1. The van der Waals surface area contributed by atoms with Gasteiger partial charge in [0.15, 0.2) is 0 Å². The largest absolute Gasteiger partial charge is 0.341 e. The van der Waals surface area contributed by atoms with Crippen molar-refractivity contribution in [1.82, 2.24) is 20.0 Å². The predicted octanol–water partition coefficient (Wildman–Crippen LogP) is 2.46. The van der Waals surface area contributed by atoms with Crippen LogP contribution in [0.1, 0.15) is 31.1 Å². The molecule has 0 saturated heterocycles. The number of likely N-dealkylation sites (N-methyl/N-ethyl adjacent to an activating group) is 1. The maximum atomic E-state index is 12.8. The van der Waals surface area contributed by atoms with E-state index in [9.17, 15) is 9.59 Å². The topological polar surface area (TPSA) is 79.3 Å². The van der Waals surface area contributed by atoms with Crippen LogP contribution in [0.5, 0.6) is 0 Å². The van der Waals surface area contributed by atoms with E-state index in [1.54, 1.807) is 22.7 Å². The SMILES string of the molecule is CCN(CC)C(=O)C(NC(=O)Nc1cc(C)nn1C)c1ccccc1. The summed E-state index contributed by atoms with van der Waals surface area (Å²) < 4.78 is 1.58. The number of rotatable bonds is 6. The lowest BCUT2D eigenvalue weighted by molar-refractivity contribution is -0.132. The minimum atomic E-state index is -0.740. The van der Waals surface area contributed by atoms with Gasteiger partial charge in [-0.1, -0.05) is 30.3 Å². The average Bonchev–Trinajstić information content (AvgIpc) is 2.91. The van der Waals surface area contributed by atoms with E-state index < -0.39 is 12.1 Å². The summed E-state index contributed by atoms with van der Waals surface area (Å²) >= 11 is 0. The molecule has 7 nitrogen and oxygen atoms in total. The zero-order chi connectivity index (χ0) is 18.4. The predicted molar refractivity (Wildman–Crippen MR) is 97.2 cm³/mol. The van der Waals surface area contributed by atoms with Crippen LogP contribution in [0.15, 0.2) is 36.4 Å². The van der Waals surface area contributed by atoms with Gasteiger partial charge in [0.05, 0.1) is 5.69 Å². The number of nitrogens with zero attached hydrogens (tertiary/aromatic N) is 3. The van der Waals surface area contributed by atoms with E-state index in [1.165, 1.54) is 0 Å². The van der Waals surface area contributed by atoms with Crippen molar-refractivity contribution >= 4 is 17.8 Å². The summed E-state index contributed by atoms with van der Waals surface area (Å²) in [6.45, 7) is 6.86. The maximum absolute atomic E-state index is 12.8. The lowest BCUT2D eigenvalue weighted by Crippen LogP contribution is -2.44. The molecule has 1 aromatic heterocycles. The zero-order valence-corrected chi connectivity index (χ0v) is 15.1. The number of hydrogen-bond acceptors (Lipinski definition) is 3. The molecule has 0 spiro atoms. The smallest absolute Gasteiger partial charge is 0.321 e. The van der Waals surface area contributed by atoms with Crippen molar-refractivity contribution in [2.24, 2.45) is 7.05 Å². The van der Waals surface area contributed by atoms with Gasteiger partial charge in [0.25, 0.3) is 0 Å². The Morgan fingerprint density at radius 1 is 1.20 bits per heavy atom. The Labute approximate surface area is 148 Å². The zero-order valence-electron chi connectivity index (χ0n) is 15.1. The van der Waals surface area contributed by atoms with E-state index in [-0.39, 0.29) is 5.91 Å². The molecular weight excluding hydrogens is 318 g/mol. The van der Waals surface area contributed by atoms with Gasteiger partial charge < -0.3 is 10.2 Å². The molecule has 3 amide bonds. The number of urea groups is 1. The van der Waals surface area contributed by atoms with Gasteiger partial charge in [-0.3, -0.25) is 14.8 Å². The molecule has 0 aliphatic heterocycles. The van der Waals surface area contributed by atoms with E-state index in [1.807, 2.05) is 51.1 Å². The molecule has 1 heterocycles. The molecule has 2 aromatic rings. The highest BCUT2D eigenvalue weighted by Crippen LogP contribution is 2.16. The summed E-state index contributed by atoms with van der Waals surface area (Å²) in [6.07, 6.45) is 0. The fourth-order valence-electron chi connectivity index (χ4n) is 2.66. The molecule has 0 bridgehead atoms. The second kappa shape index (κ2) is 8.32. The van der Waals surface area contributed by atoms with Gasteiger partial charge in [-0.2, -0.15) is 5.10 Å². The summed E-state index contributed by atoms with van der Waals surface area (Å²) in [5, 5.41) is 9.72. The minimum absolute atomic E-state index is 0.132. The van der Waals surface area contributed by atoms with Gasteiger partial charge in [0.2, 0.25) is 5.91 Å². The molecule has 2 N–H and O–H groups in total. The Morgan fingerprint density at radius 3 is 2.36 bits per heavy atom. The first-order chi connectivity index (χ1) is 12.0. The van der Waals surface area contributed by atoms with Gasteiger partial charge >= 0.3 is 6.03 Å². The summed E-state index contributed by atoms with van der Waals surface area (Å²) in [7, 11) is 1.75. The van der Waals surface area contributed by atoms with Crippen molar-refractivity contribution in [2.75, 3.05) is 18.4 Å². The van der Waals surface area contributed by atoms with E-state index in [0.29, 0.717) is 18.9 Å². The van der Waals surface area contributed by atoms with Crippen molar-refractivity contribution in [3.05, 3.63) is 47.7 Å². The van der Waals surface area contributed by atoms with Crippen LogP contribution >= 0.6 is 0 Å². The third-order valence-corrected chi connectivity index (χ3v) is 3.97. The number of aryl methyl sites for hydroxylation is 2. The third-order valence-electron chi connectivity index (χ3n) is 3.97. The second-order valence-electron chi connectivity index (χ2n) is 5.75. The molecule has 25 heavy (non-hydrogen) atoms. The van der Waals surface area contributed by atoms with Crippen LogP contribution in [0.25, 0.3) is 0 Å². The molecule has 0 aliphatic carbocycles. The highest BCUT2D eigenvalue weighted by atomic mass is 16.2.